The van der Waals surface area contributed by atoms with Crippen LogP contribution in [0, 0.1) is 22.9 Å². The van der Waals surface area contributed by atoms with Crippen LogP contribution in [0.15, 0.2) is 30.3 Å². The summed E-state index contributed by atoms with van der Waals surface area (Å²) < 4.78 is 13.8. The topological polar surface area (TPSA) is 105 Å². The van der Waals surface area contributed by atoms with E-state index in [4.69, 9.17) is 5.11 Å². The van der Waals surface area contributed by atoms with Crippen LogP contribution in [0.3, 0.4) is 0 Å². The molecule has 0 amide bonds. The van der Waals surface area contributed by atoms with Crippen LogP contribution >= 0.6 is 0 Å². The fraction of sp³-hybridized carbons (Fsp3) is 0.0769. The van der Waals surface area contributed by atoms with E-state index in [1.807, 2.05) is 0 Å². The van der Waals surface area contributed by atoms with Gasteiger partial charge in [-0.2, -0.15) is 0 Å². The maximum atomic E-state index is 13.8. The molecule has 0 atom stereocenters. The molecule has 0 spiro atoms. The maximum Gasteiger partial charge on any atom is 0.354 e. The molecule has 0 bridgehead atoms. The molecule has 2 N–H and O–H groups in total. The minimum atomic E-state index is -1.34. The number of benzene rings is 1. The third kappa shape index (κ3) is 3.11. The molecule has 0 aliphatic heterocycles. The molecule has 1 heterocycles. The Morgan fingerprint density at radius 3 is 2.67 bits per heavy atom. The molecule has 1 aromatic carbocycles. The third-order valence-electron chi connectivity index (χ3n) is 2.67. The first-order chi connectivity index (χ1) is 9.88. The molecule has 1 aromatic heterocycles. The van der Waals surface area contributed by atoms with Crippen LogP contribution in [0.2, 0.25) is 0 Å². The summed E-state index contributed by atoms with van der Waals surface area (Å²) in [6.07, 6.45) is 0. The maximum absolute atomic E-state index is 13.8. The molecule has 0 aliphatic rings. The number of carbonyl (C=O) groups is 1. The average molecular weight is 291 g/mol. The van der Waals surface area contributed by atoms with Crippen LogP contribution in [0.25, 0.3) is 0 Å². The van der Waals surface area contributed by atoms with Gasteiger partial charge < -0.3 is 10.4 Å². The predicted molar refractivity (Wildman–Crippen MR) is 72.3 cm³/mol. The number of aromatic nitrogens is 1. The summed E-state index contributed by atoms with van der Waals surface area (Å²) in [5.74, 6) is -2.29. The zero-order valence-corrected chi connectivity index (χ0v) is 10.8. The van der Waals surface area contributed by atoms with Crippen LogP contribution in [0.5, 0.6) is 0 Å². The highest BCUT2D eigenvalue weighted by Gasteiger charge is 2.19. The number of hydrogen-bond donors (Lipinski definition) is 2. The van der Waals surface area contributed by atoms with Crippen molar-refractivity contribution in [2.24, 2.45) is 0 Å². The second-order valence-electron chi connectivity index (χ2n) is 4.23. The highest BCUT2D eigenvalue weighted by Crippen LogP contribution is 2.27. The van der Waals surface area contributed by atoms with Crippen molar-refractivity contribution in [3.05, 3.63) is 57.5 Å². The Labute approximate surface area is 118 Å². The van der Waals surface area contributed by atoms with Crippen LogP contribution < -0.4 is 5.32 Å². The fourth-order valence-electron chi connectivity index (χ4n) is 1.66. The number of carboxylic acid groups (broad SMARTS) is 1. The Balaban J connectivity index is 2.48. The summed E-state index contributed by atoms with van der Waals surface area (Å²) in [5, 5.41) is 22.2. The number of nitrogens with zero attached hydrogens (tertiary/aromatic N) is 2. The van der Waals surface area contributed by atoms with Crippen molar-refractivity contribution in [3.63, 3.8) is 0 Å². The van der Waals surface area contributed by atoms with E-state index >= 15 is 0 Å². The predicted octanol–water partition coefficient (Wildman–Crippen LogP) is 2.88. The van der Waals surface area contributed by atoms with E-state index in [0.717, 1.165) is 12.1 Å². The van der Waals surface area contributed by atoms with E-state index in [1.54, 1.807) is 13.0 Å². The number of nitrogens with one attached hydrogen (secondary N) is 1. The lowest BCUT2D eigenvalue weighted by atomic mass is 10.2. The van der Waals surface area contributed by atoms with E-state index in [9.17, 15) is 19.3 Å². The second-order valence-corrected chi connectivity index (χ2v) is 4.23. The molecule has 0 saturated heterocycles. The van der Waals surface area contributed by atoms with Gasteiger partial charge >= 0.3 is 11.7 Å². The molecule has 0 aliphatic carbocycles. The van der Waals surface area contributed by atoms with Gasteiger partial charge in [-0.15, -0.1) is 0 Å². The van der Waals surface area contributed by atoms with Crippen molar-refractivity contribution in [2.75, 3.05) is 5.32 Å². The molecular weight excluding hydrogens is 281 g/mol. The minimum absolute atomic E-state index is 0.0289. The number of rotatable bonds is 4. The molecule has 7 nitrogen and oxygen atoms in total. The van der Waals surface area contributed by atoms with Gasteiger partial charge in [0.25, 0.3) is 0 Å². The van der Waals surface area contributed by atoms with Gasteiger partial charge in [-0.05, 0) is 30.7 Å². The molecule has 0 radical (unpaired) electrons. The highest BCUT2D eigenvalue weighted by atomic mass is 19.1. The van der Waals surface area contributed by atoms with Crippen LogP contribution in [0.1, 0.15) is 16.1 Å². The van der Waals surface area contributed by atoms with Gasteiger partial charge in [0.2, 0.25) is 5.82 Å². The van der Waals surface area contributed by atoms with Crippen molar-refractivity contribution in [1.29, 1.82) is 0 Å². The Hall–Kier alpha value is -3.03. The van der Waals surface area contributed by atoms with Crippen LogP contribution in [-0.4, -0.2) is 21.0 Å². The monoisotopic (exact) mass is 291 g/mol. The van der Waals surface area contributed by atoms with Gasteiger partial charge in [0.15, 0.2) is 5.69 Å². The van der Waals surface area contributed by atoms with E-state index in [2.05, 4.69) is 10.3 Å². The summed E-state index contributed by atoms with van der Waals surface area (Å²) >= 11 is 0. The normalized spacial score (nSPS) is 10.2. The zero-order valence-electron chi connectivity index (χ0n) is 10.8. The molecule has 0 saturated carbocycles. The van der Waals surface area contributed by atoms with E-state index in [0.29, 0.717) is 5.56 Å². The minimum Gasteiger partial charge on any atom is -0.477 e. The van der Waals surface area contributed by atoms with Crippen LogP contribution in [-0.2, 0) is 0 Å². The van der Waals surface area contributed by atoms with Crippen molar-refractivity contribution in [3.8, 4) is 0 Å². The van der Waals surface area contributed by atoms with Gasteiger partial charge in [-0.3, -0.25) is 10.1 Å². The van der Waals surface area contributed by atoms with Crippen molar-refractivity contribution in [2.45, 2.75) is 6.92 Å². The number of halogens is 1. The smallest absolute Gasteiger partial charge is 0.354 e. The highest BCUT2D eigenvalue weighted by molar-refractivity contribution is 5.86. The number of aromatic carboxylic acids is 1. The second kappa shape index (κ2) is 5.53. The van der Waals surface area contributed by atoms with Gasteiger partial charge in [0.1, 0.15) is 5.82 Å². The SMILES string of the molecule is Cc1ccc(Nc2nc(C(=O)O)ccc2[N+](=O)[O-])c(F)c1. The first kappa shape index (κ1) is 14.4. The van der Waals surface area contributed by atoms with Crippen LogP contribution in [0.4, 0.5) is 21.6 Å². The molecule has 2 rings (SSSR count). The Morgan fingerprint density at radius 1 is 1.38 bits per heavy atom. The molecular formula is C13H10FN3O4. The van der Waals surface area contributed by atoms with E-state index in [1.165, 1.54) is 12.1 Å². The summed E-state index contributed by atoms with van der Waals surface area (Å²) in [6.45, 7) is 1.69. The first-order valence-electron chi connectivity index (χ1n) is 5.80. The summed E-state index contributed by atoms with van der Waals surface area (Å²) in [7, 11) is 0. The summed E-state index contributed by atoms with van der Waals surface area (Å²) in [6, 6.07) is 6.26. The number of nitro groups is 1. The van der Waals surface area contributed by atoms with Crippen molar-refractivity contribution < 1.29 is 19.2 Å². The molecule has 0 unspecified atom stereocenters. The fourth-order valence-corrected chi connectivity index (χ4v) is 1.66. The number of anilines is 2. The molecule has 8 heteroatoms. The Kier molecular flexibility index (Phi) is 3.79. The largest absolute Gasteiger partial charge is 0.477 e. The van der Waals surface area contributed by atoms with Gasteiger partial charge in [-0.25, -0.2) is 14.2 Å². The number of aryl methyl sites for hydroxylation is 1. The summed E-state index contributed by atoms with van der Waals surface area (Å²) in [4.78, 5) is 24.7. The zero-order chi connectivity index (χ0) is 15.6. The van der Waals surface area contributed by atoms with Crippen molar-refractivity contribution >= 4 is 23.2 Å². The molecule has 21 heavy (non-hydrogen) atoms. The van der Waals surface area contributed by atoms with Gasteiger partial charge in [-0.1, -0.05) is 6.07 Å². The summed E-state index contributed by atoms with van der Waals surface area (Å²) in [5.41, 5.74) is -0.172. The lowest BCUT2D eigenvalue weighted by Gasteiger charge is -2.08. The van der Waals surface area contributed by atoms with E-state index < -0.39 is 22.4 Å². The average Bonchev–Trinajstić information content (AvgIpc) is 2.41. The standard InChI is InChI=1S/C13H10FN3O4/c1-7-2-3-9(8(14)6-7)15-12-11(17(20)21)5-4-10(16-12)13(18)19/h2-6H,1H3,(H,15,16)(H,18,19). The quantitative estimate of drug-likeness (QED) is 0.662. The first-order valence-corrected chi connectivity index (χ1v) is 5.80. The molecule has 0 fully saturated rings. The lowest BCUT2D eigenvalue weighted by Crippen LogP contribution is -2.06. The number of pyridine rings is 1. The van der Waals surface area contributed by atoms with E-state index in [-0.39, 0.29) is 17.2 Å². The number of hydrogen-bond acceptors (Lipinski definition) is 5. The van der Waals surface area contributed by atoms with Gasteiger partial charge in [0, 0.05) is 6.07 Å². The Morgan fingerprint density at radius 2 is 2.10 bits per heavy atom. The number of carboxylic acids is 1. The molecule has 2 aromatic rings. The third-order valence-corrected chi connectivity index (χ3v) is 2.67. The lowest BCUT2D eigenvalue weighted by molar-refractivity contribution is -0.384. The van der Waals surface area contributed by atoms with Gasteiger partial charge in [0.05, 0.1) is 10.6 Å². The Bertz CT molecular complexity index is 733. The molecule has 108 valence electrons. The van der Waals surface area contributed by atoms with Crippen molar-refractivity contribution in [1.82, 2.24) is 4.98 Å².